The molecule has 1 saturated heterocycles. The monoisotopic (exact) mass is 276 g/mol. The fourth-order valence-electron chi connectivity index (χ4n) is 2.69. The van der Waals surface area contributed by atoms with Crippen molar-refractivity contribution in [3.63, 3.8) is 0 Å². The number of hydrogen-bond donors (Lipinski definition) is 2. The van der Waals surface area contributed by atoms with Crippen LogP contribution in [0.5, 0.6) is 0 Å². The zero-order valence-corrected chi connectivity index (χ0v) is 12.1. The fraction of sp³-hybridized carbons (Fsp3) is 0.533. The normalized spacial score (nSPS) is 18.4. The first-order chi connectivity index (χ1) is 9.74. The Hall–Kier alpha value is -1.59. The number of nitrogens with zero attached hydrogens (tertiary/aromatic N) is 3. The van der Waals surface area contributed by atoms with Crippen molar-refractivity contribution in [1.29, 1.82) is 0 Å². The highest BCUT2D eigenvalue weighted by molar-refractivity contribution is 5.98. The molecule has 0 saturated carbocycles. The van der Waals surface area contributed by atoms with E-state index in [9.17, 15) is 0 Å². The largest absolute Gasteiger partial charge is 0.409 e. The van der Waals surface area contributed by atoms with Crippen LogP contribution in [0.4, 0.5) is 0 Å². The minimum absolute atomic E-state index is 0.185. The molecule has 0 spiro atoms. The predicted molar refractivity (Wildman–Crippen MR) is 81.0 cm³/mol. The van der Waals surface area contributed by atoms with E-state index in [1.54, 1.807) is 0 Å². The molecule has 5 heteroatoms. The summed E-state index contributed by atoms with van der Waals surface area (Å²) in [4.78, 5) is 4.93. The third-order valence-corrected chi connectivity index (χ3v) is 3.80. The summed E-state index contributed by atoms with van der Waals surface area (Å²) in [5.41, 5.74) is 7.68. The molecule has 110 valence electrons. The lowest BCUT2D eigenvalue weighted by Gasteiger charge is -2.34. The summed E-state index contributed by atoms with van der Waals surface area (Å²) in [6.07, 6.45) is 1.21. The van der Waals surface area contributed by atoms with Gasteiger partial charge in [-0.3, -0.25) is 4.90 Å². The zero-order chi connectivity index (χ0) is 14.4. The van der Waals surface area contributed by atoms with Crippen LogP contribution in [-0.2, 0) is 6.54 Å². The second-order valence-corrected chi connectivity index (χ2v) is 5.26. The van der Waals surface area contributed by atoms with Gasteiger partial charge in [-0.2, -0.15) is 0 Å². The molecule has 1 aromatic carbocycles. The molecule has 1 heterocycles. The van der Waals surface area contributed by atoms with Crippen LogP contribution in [0.15, 0.2) is 29.4 Å². The number of piperazine rings is 1. The smallest absolute Gasteiger partial charge is 0.170 e. The van der Waals surface area contributed by atoms with Gasteiger partial charge in [-0.05, 0) is 18.5 Å². The molecular weight excluding hydrogens is 252 g/mol. The van der Waals surface area contributed by atoms with E-state index in [-0.39, 0.29) is 5.84 Å². The Morgan fingerprint density at radius 3 is 2.50 bits per heavy atom. The number of benzene rings is 1. The van der Waals surface area contributed by atoms with E-state index in [4.69, 9.17) is 10.9 Å². The topological polar surface area (TPSA) is 65.1 Å². The van der Waals surface area contributed by atoms with Crippen LogP contribution in [0.1, 0.15) is 24.5 Å². The number of rotatable bonds is 5. The fourth-order valence-corrected chi connectivity index (χ4v) is 2.69. The van der Waals surface area contributed by atoms with Gasteiger partial charge in [0.25, 0.3) is 0 Å². The molecule has 20 heavy (non-hydrogen) atoms. The van der Waals surface area contributed by atoms with Crippen molar-refractivity contribution in [1.82, 2.24) is 9.80 Å². The van der Waals surface area contributed by atoms with Crippen LogP contribution in [0.3, 0.4) is 0 Å². The molecule has 0 radical (unpaired) electrons. The van der Waals surface area contributed by atoms with Gasteiger partial charge in [0.05, 0.1) is 0 Å². The Bertz CT molecular complexity index is 453. The molecule has 3 N–H and O–H groups in total. The van der Waals surface area contributed by atoms with Crippen molar-refractivity contribution in [3.05, 3.63) is 35.4 Å². The number of oxime groups is 1. The van der Waals surface area contributed by atoms with E-state index >= 15 is 0 Å². The van der Waals surface area contributed by atoms with Gasteiger partial charge >= 0.3 is 0 Å². The number of nitrogens with two attached hydrogens (primary N) is 1. The van der Waals surface area contributed by atoms with Gasteiger partial charge in [-0.25, -0.2) is 0 Å². The highest BCUT2D eigenvalue weighted by Crippen LogP contribution is 2.13. The van der Waals surface area contributed by atoms with Gasteiger partial charge in [0.2, 0.25) is 0 Å². The molecule has 0 amide bonds. The summed E-state index contributed by atoms with van der Waals surface area (Å²) in [5.74, 6) is 0.185. The third-order valence-electron chi connectivity index (χ3n) is 3.80. The average molecular weight is 276 g/mol. The average Bonchev–Trinajstić information content (AvgIpc) is 2.49. The maximum atomic E-state index is 8.85. The molecule has 0 unspecified atom stereocenters. The van der Waals surface area contributed by atoms with E-state index < -0.39 is 0 Å². The molecule has 5 nitrogen and oxygen atoms in total. The SMILES string of the molecule is CCCN1CCN(Cc2ccccc2/C(N)=N/O)CC1. The summed E-state index contributed by atoms with van der Waals surface area (Å²) in [5, 5.41) is 12.0. The zero-order valence-electron chi connectivity index (χ0n) is 12.1. The molecule has 0 atom stereocenters. The van der Waals surface area contributed by atoms with Crippen LogP contribution in [0, 0.1) is 0 Å². The Labute approximate surface area is 120 Å². The van der Waals surface area contributed by atoms with Gasteiger partial charge in [-0.1, -0.05) is 36.3 Å². The lowest BCUT2D eigenvalue weighted by atomic mass is 10.1. The first kappa shape index (κ1) is 14.8. The van der Waals surface area contributed by atoms with Gasteiger partial charge in [0.15, 0.2) is 5.84 Å². The first-order valence-corrected chi connectivity index (χ1v) is 7.25. The molecule has 1 fully saturated rings. The molecule has 1 aliphatic heterocycles. The van der Waals surface area contributed by atoms with Crippen molar-refractivity contribution in [2.45, 2.75) is 19.9 Å². The Kier molecular flexibility index (Phi) is 5.38. The van der Waals surface area contributed by atoms with Crippen molar-refractivity contribution in [2.24, 2.45) is 10.9 Å². The second-order valence-electron chi connectivity index (χ2n) is 5.26. The molecular formula is C15H24N4O. The van der Waals surface area contributed by atoms with E-state index in [2.05, 4.69) is 21.9 Å². The third kappa shape index (κ3) is 3.71. The molecule has 0 aliphatic carbocycles. The van der Waals surface area contributed by atoms with Gasteiger partial charge in [0, 0.05) is 38.3 Å². The van der Waals surface area contributed by atoms with Crippen LogP contribution in [0.2, 0.25) is 0 Å². The Balaban J connectivity index is 1.98. The highest BCUT2D eigenvalue weighted by Gasteiger charge is 2.17. The molecule has 1 aromatic rings. The summed E-state index contributed by atoms with van der Waals surface area (Å²) in [6, 6.07) is 7.86. The van der Waals surface area contributed by atoms with E-state index in [1.165, 1.54) is 13.0 Å². The van der Waals surface area contributed by atoms with Crippen molar-refractivity contribution in [2.75, 3.05) is 32.7 Å². The Morgan fingerprint density at radius 1 is 1.20 bits per heavy atom. The van der Waals surface area contributed by atoms with E-state index in [0.29, 0.717) is 0 Å². The lowest BCUT2D eigenvalue weighted by Crippen LogP contribution is -2.46. The van der Waals surface area contributed by atoms with E-state index in [1.807, 2.05) is 24.3 Å². The summed E-state index contributed by atoms with van der Waals surface area (Å²) in [7, 11) is 0. The van der Waals surface area contributed by atoms with Crippen molar-refractivity contribution in [3.8, 4) is 0 Å². The maximum Gasteiger partial charge on any atom is 0.170 e. The second kappa shape index (κ2) is 7.26. The van der Waals surface area contributed by atoms with E-state index in [0.717, 1.165) is 43.9 Å². The maximum absolute atomic E-state index is 8.85. The quantitative estimate of drug-likeness (QED) is 0.368. The van der Waals surface area contributed by atoms with Gasteiger partial charge in [0.1, 0.15) is 0 Å². The van der Waals surface area contributed by atoms with Crippen molar-refractivity contribution < 1.29 is 5.21 Å². The van der Waals surface area contributed by atoms with Crippen LogP contribution in [-0.4, -0.2) is 53.6 Å². The molecule has 0 aromatic heterocycles. The molecule has 1 aliphatic rings. The summed E-state index contributed by atoms with van der Waals surface area (Å²) < 4.78 is 0. The Morgan fingerprint density at radius 2 is 1.85 bits per heavy atom. The molecule has 2 rings (SSSR count). The van der Waals surface area contributed by atoms with Crippen LogP contribution in [0.25, 0.3) is 0 Å². The summed E-state index contributed by atoms with van der Waals surface area (Å²) in [6.45, 7) is 8.66. The predicted octanol–water partition coefficient (Wildman–Crippen LogP) is 1.31. The van der Waals surface area contributed by atoms with Crippen molar-refractivity contribution >= 4 is 5.84 Å². The minimum Gasteiger partial charge on any atom is -0.409 e. The first-order valence-electron chi connectivity index (χ1n) is 7.25. The number of amidine groups is 1. The lowest BCUT2D eigenvalue weighted by molar-refractivity contribution is 0.127. The standard InChI is InChI=1S/C15H24N4O/c1-2-7-18-8-10-19(11-9-18)12-13-5-3-4-6-14(13)15(16)17-20/h3-6,20H,2,7-12H2,1H3,(H2,16,17). The number of hydrogen-bond acceptors (Lipinski definition) is 4. The minimum atomic E-state index is 0.185. The summed E-state index contributed by atoms with van der Waals surface area (Å²) >= 11 is 0. The molecule has 0 bridgehead atoms. The highest BCUT2D eigenvalue weighted by atomic mass is 16.4. The van der Waals surface area contributed by atoms with Gasteiger partial charge < -0.3 is 15.8 Å². The van der Waals surface area contributed by atoms with Gasteiger partial charge in [-0.15, -0.1) is 0 Å². The van der Waals surface area contributed by atoms with Crippen LogP contribution < -0.4 is 5.73 Å². The van der Waals surface area contributed by atoms with Crippen LogP contribution >= 0.6 is 0 Å².